The van der Waals surface area contributed by atoms with Crippen LogP contribution >= 0.6 is 0 Å². The van der Waals surface area contributed by atoms with Crippen molar-refractivity contribution in [2.45, 2.75) is 39.7 Å². The van der Waals surface area contributed by atoms with E-state index in [9.17, 15) is 9.59 Å². The Morgan fingerprint density at radius 1 is 1.46 bits per heavy atom. The van der Waals surface area contributed by atoms with Gasteiger partial charge in [0.2, 0.25) is 5.91 Å². The molecule has 4 nitrogen and oxygen atoms in total. The summed E-state index contributed by atoms with van der Waals surface area (Å²) in [5.74, 6) is -1.07. The summed E-state index contributed by atoms with van der Waals surface area (Å²) < 4.78 is 0. The topological polar surface area (TPSA) is 66.4 Å². The van der Waals surface area contributed by atoms with Gasteiger partial charge < -0.3 is 10.4 Å². The van der Waals surface area contributed by atoms with Crippen LogP contribution < -0.4 is 5.32 Å². The van der Waals surface area contributed by atoms with Crippen molar-refractivity contribution in [3.63, 3.8) is 0 Å². The second kappa shape index (κ2) is 4.25. The van der Waals surface area contributed by atoms with Crippen LogP contribution in [0.15, 0.2) is 0 Å². The van der Waals surface area contributed by atoms with Gasteiger partial charge in [0.1, 0.15) is 5.54 Å². The first kappa shape index (κ1) is 11.9. The molecular formula is C9H17NO3. The van der Waals surface area contributed by atoms with Crippen LogP contribution in [0.5, 0.6) is 0 Å². The van der Waals surface area contributed by atoms with Crippen LogP contribution in [-0.2, 0) is 9.59 Å². The Balaban J connectivity index is 4.52. The van der Waals surface area contributed by atoms with Gasteiger partial charge in [0, 0.05) is 6.92 Å². The molecule has 0 aromatic heterocycles. The molecule has 0 heterocycles. The maximum absolute atomic E-state index is 10.9. The number of rotatable bonds is 4. The summed E-state index contributed by atoms with van der Waals surface area (Å²) >= 11 is 0. The fraction of sp³-hybridized carbons (Fsp3) is 0.778. The Kier molecular flexibility index (Phi) is 3.91. The molecule has 76 valence electrons. The molecule has 2 N–H and O–H groups in total. The number of carboxylic acids is 1. The van der Waals surface area contributed by atoms with Gasteiger partial charge in [-0.3, -0.25) is 4.79 Å². The van der Waals surface area contributed by atoms with Crippen molar-refractivity contribution in [3.8, 4) is 0 Å². The van der Waals surface area contributed by atoms with Crippen molar-refractivity contribution < 1.29 is 14.7 Å². The summed E-state index contributed by atoms with van der Waals surface area (Å²) in [7, 11) is 0. The monoisotopic (exact) mass is 187 g/mol. The number of carboxylic acid groups (broad SMARTS) is 1. The zero-order chi connectivity index (χ0) is 10.6. The third-order valence-corrected chi connectivity index (χ3v) is 1.74. The van der Waals surface area contributed by atoms with E-state index in [4.69, 9.17) is 5.11 Å². The predicted octanol–water partition coefficient (Wildman–Crippen LogP) is 1.01. The largest absolute Gasteiger partial charge is 0.480 e. The molecule has 0 aliphatic rings. The number of carbonyl (C=O) groups excluding carboxylic acids is 1. The molecule has 0 aromatic rings. The lowest BCUT2D eigenvalue weighted by Crippen LogP contribution is -2.52. The SMILES string of the molecule is CC(=O)NC(C)(CC(C)C)C(=O)O. The fourth-order valence-corrected chi connectivity index (χ4v) is 1.40. The normalized spacial score (nSPS) is 15.2. The second-order valence-corrected chi connectivity index (χ2v) is 3.92. The van der Waals surface area contributed by atoms with Crippen molar-refractivity contribution in [2.75, 3.05) is 0 Å². The first-order valence-electron chi connectivity index (χ1n) is 4.30. The average Bonchev–Trinajstić information content (AvgIpc) is 1.82. The van der Waals surface area contributed by atoms with Gasteiger partial charge >= 0.3 is 5.97 Å². The van der Waals surface area contributed by atoms with Crippen LogP contribution in [0.2, 0.25) is 0 Å². The predicted molar refractivity (Wildman–Crippen MR) is 49.3 cm³/mol. The van der Waals surface area contributed by atoms with Crippen LogP contribution in [0.4, 0.5) is 0 Å². The van der Waals surface area contributed by atoms with Gasteiger partial charge in [0.15, 0.2) is 0 Å². The first-order valence-corrected chi connectivity index (χ1v) is 4.30. The molecule has 1 amide bonds. The van der Waals surface area contributed by atoms with Gasteiger partial charge in [-0.15, -0.1) is 0 Å². The summed E-state index contributed by atoms with van der Waals surface area (Å²) in [6, 6.07) is 0. The third-order valence-electron chi connectivity index (χ3n) is 1.74. The number of aliphatic carboxylic acids is 1. The molecule has 0 fully saturated rings. The zero-order valence-electron chi connectivity index (χ0n) is 8.55. The maximum atomic E-state index is 10.9. The van der Waals surface area contributed by atoms with Crippen LogP contribution in [-0.4, -0.2) is 22.5 Å². The smallest absolute Gasteiger partial charge is 0.329 e. The van der Waals surface area contributed by atoms with Crippen LogP contribution in [0.1, 0.15) is 34.1 Å². The molecule has 0 rings (SSSR count). The lowest BCUT2D eigenvalue weighted by molar-refractivity contribution is -0.147. The molecule has 0 aromatic carbocycles. The van der Waals surface area contributed by atoms with Gasteiger partial charge in [-0.05, 0) is 19.3 Å². The number of nitrogens with one attached hydrogen (secondary N) is 1. The average molecular weight is 187 g/mol. The minimum Gasteiger partial charge on any atom is -0.480 e. The number of carbonyl (C=O) groups is 2. The van der Waals surface area contributed by atoms with Crippen LogP contribution in [0.25, 0.3) is 0 Å². The molecule has 0 bridgehead atoms. The minimum atomic E-state index is -1.14. The summed E-state index contributed by atoms with van der Waals surface area (Å²) in [6.07, 6.45) is 0.432. The molecule has 0 saturated carbocycles. The Morgan fingerprint density at radius 3 is 2.15 bits per heavy atom. The van der Waals surface area contributed by atoms with Gasteiger partial charge in [0.25, 0.3) is 0 Å². The van der Waals surface area contributed by atoms with E-state index in [0.29, 0.717) is 6.42 Å². The molecule has 1 atom stereocenters. The molecule has 0 radical (unpaired) electrons. The molecule has 0 aliphatic heterocycles. The summed E-state index contributed by atoms with van der Waals surface area (Å²) in [4.78, 5) is 21.6. The highest BCUT2D eigenvalue weighted by atomic mass is 16.4. The molecule has 1 unspecified atom stereocenters. The van der Waals surface area contributed by atoms with Crippen molar-refractivity contribution in [1.29, 1.82) is 0 Å². The second-order valence-electron chi connectivity index (χ2n) is 3.92. The van der Waals surface area contributed by atoms with Gasteiger partial charge in [-0.2, -0.15) is 0 Å². The van der Waals surface area contributed by atoms with Crippen molar-refractivity contribution in [3.05, 3.63) is 0 Å². The molecule has 0 saturated heterocycles. The quantitative estimate of drug-likeness (QED) is 0.690. The van der Waals surface area contributed by atoms with E-state index in [0.717, 1.165) is 0 Å². The summed E-state index contributed by atoms with van der Waals surface area (Å²) in [5, 5.41) is 11.4. The fourth-order valence-electron chi connectivity index (χ4n) is 1.40. The van der Waals surface area contributed by atoms with E-state index in [-0.39, 0.29) is 11.8 Å². The lowest BCUT2D eigenvalue weighted by atomic mass is 9.91. The lowest BCUT2D eigenvalue weighted by Gasteiger charge is -2.27. The van der Waals surface area contributed by atoms with Crippen molar-refractivity contribution in [2.24, 2.45) is 5.92 Å². The summed E-state index contributed by atoms with van der Waals surface area (Å²) in [5.41, 5.74) is -1.14. The van der Waals surface area contributed by atoms with E-state index < -0.39 is 11.5 Å². The molecule has 4 heteroatoms. The van der Waals surface area contributed by atoms with Gasteiger partial charge in [-0.1, -0.05) is 13.8 Å². The number of hydrogen-bond donors (Lipinski definition) is 2. The summed E-state index contributed by atoms with van der Waals surface area (Å²) in [6.45, 7) is 6.68. The van der Waals surface area contributed by atoms with E-state index >= 15 is 0 Å². The molecule has 13 heavy (non-hydrogen) atoms. The Hall–Kier alpha value is -1.06. The van der Waals surface area contributed by atoms with Crippen molar-refractivity contribution in [1.82, 2.24) is 5.32 Å². The van der Waals surface area contributed by atoms with Gasteiger partial charge in [0.05, 0.1) is 0 Å². The first-order chi connectivity index (χ1) is 5.78. The molecule has 0 spiro atoms. The highest BCUT2D eigenvalue weighted by Gasteiger charge is 2.34. The third kappa shape index (κ3) is 3.92. The van der Waals surface area contributed by atoms with Crippen LogP contribution in [0.3, 0.4) is 0 Å². The molecular weight excluding hydrogens is 170 g/mol. The zero-order valence-corrected chi connectivity index (χ0v) is 8.55. The van der Waals surface area contributed by atoms with E-state index in [1.807, 2.05) is 13.8 Å². The highest BCUT2D eigenvalue weighted by molar-refractivity contribution is 5.85. The van der Waals surface area contributed by atoms with Crippen LogP contribution in [0, 0.1) is 5.92 Å². The minimum absolute atomic E-state index is 0.230. The highest BCUT2D eigenvalue weighted by Crippen LogP contribution is 2.16. The van der Waals surface area contributed by atoms with E-state index in [1.165, 1.54) is 13.8 Å². The number of hydrogen-bond acceptors (Lipinski definition) is 2. The Bertz CT molecular complexity index is 213. The van der Waals surface area contributed by atoms with Crippen molar-refractivity contribution >= 4 is 11.9 Å². The van der Waals surface area contributed by atoms with Gasteiger partial charge in [-0.25, -0.2) is 4.79 Å². The Labute approximate surface area is 78.3 Å². The standard InChI is InChI=1S/C9H17NO3/c1-6(2)5-9(4,8(12)13)10-7(3)11/h6H,5H2,1-4H3,(H,10,11)(H,12,13). The maximum Gasteiger partial charge on any atom is 0.329 e. The van der Waals surface area contributed by atoms with E-state index in [1.54, 1.807) is 0 Å². The Morgan fingerprint density at radius 2 is 1.92 bits per heavy atom. The van der Waals surface area contributed by atoms with E-state index in [2.05, 4.69) is 5.32 Å². The molecule has 0 aliphatic carbocycles. The number of amides is 1.